The van der Waals surface area contributed by atoms with E-state index in [4.69, 9.17) is 5.41 Å². The summed E-state index contributed by atoms with van der Waals surface area (Å²) in [6.07, 6.45) is 8.31. The highest BCUT2D eigenvalue weighted by atomic mass is 14.6. The zero-order chi connectivity index (χ0) is 8.55. The summed E-state index contributed by atoms with van der Waals surface area (Å²) in [4.78, 5) is 0. The number of nitrogens with one attached hydrogen (secondary N) is 1. The van der Waals surface area contributed by atoms with Gasteiger partial charge in [0.1, 0.15) is 0 Å². The second-order valence-corrected chi connectivity index (χ2v) is 4.59. The maximum absolute atomic E-state index is 7.52. The van der Waals surface area contributed by atoms with E-state index in [1.807, 2.05) is 0 Å². The van der Waals surface area contributed by atoms with Crippen LogP contribution in [-0.4, -0.2) is 5.71 Å². The van der Waals surface area contributed by atoms with Crippen LogP contribution in [0.2, 0.25) is 0 Å². The summed E-state index contributed by atoms with van der Waals surface area (Å²) < 4.78 is 0. The average molecular weight is 165 g/mol. The van der Waals surface area contributed by atoms with Gasteiger partial charge in [0.2, 0.25) is 0 Å². The molecule has 2 unspecified atom stereocenters. The van der Waals surface area contributed by atoms with Gasteiger partial charge in [0.25, 0.3) is 0 Å². The van der Waals surface area contributed by atoms with Crippen LogP contribution in [0.1, 0.15) is 45.4 Å². The third-order valence-corrected chi connectivity index (χ3v) is 3.76. The quantitative estimate of drug-likeness (QED) is 0.649. The van der Waals surface area contributed by atoms with Gasteiger partial charge in [-0.3, -0.25) is 0 Å². The zero-order valence-electron chi connectivity index (χ0n) is 7.97. The Kier molecular flexibility index (Phi) is 2.20. The molecule has 0 heterocycles. The zero-order valence-corrected chi connectivity index (χ0v) is 7.97. The molecular weight excluding hydrogens is 146 g/mol. The van der Waals surface area contributed by atoms with Crippen LogP contribution < -0.4 is 0 Å². The Morgan fingerprint density at radius 1 is 1.25 bits per heavy atom. The van der Waals surface area contributed by atoms with Gasteiger partial charge in [-0.05, 0) is 18.3 Å². The van der Waals surface area contributed by atoms with Crippen molar-refractivity contribution in [2.75, 3.05) is 0 Å². The largest absolute Gasteiger partial charge is 0.309 e. The van der Waals surface area contributed by atoms with Gasteiger partial charge in [-0.1, -0.05) is 39.0 Å². The van der Waals surface area contributed by atoms with Crippen molar-refractivity contribution in [3.05, 3.63) is 0 Å². The summed E-state index contributed by atoms with van der Waals surface area (Å²) in [6.45, 7) is 2.36. The molecule has 0 aromatic rings. The van der Waals surface area contributed by atoms with Crippen molar-refractivity contribution >= 4 is 5.71 Å². The molecule has 2 rings (SSSR count). The highest BCUT2D eigenvalue weighted by Crippen LogP contribution is 2.41. The molecule has 2 atom stereocenters. The van der Waals surface area contributed by atoms with E-state index < -0.39 is 0 Å². The van der Waals surface area contributed by atoms with E-state index in [-0.39, 0.29) is 0 Å². The summed E-state index contributed by atoms with van der Waals surface area (Å²) in [5, 5.41) is 7.52. The molecule has 0 amide bonds. The molecule has 1 nitrogen and oxygen atoms in total. The minimum Gasteiger partial charge on any atom is -0.309 e. The van der Waals surface area contributed by atoms with Gasteiger partial charge in [-0.2, -0.15) is 0 Å². The molecule has 0 bridgehead atoms. The number of hydrogen-bond donors (Lipinski definition) is 1. The van der Waals surface area contributed by atoms with E-state index >= 15 is 0 Å². The summed E-state index contributed by atoms with van der Waals surface area (Å²) in [5.41, 5.74) is 1.02. The molecule has 1 N–H and O–H groups in total. The maximum Gasteiger partial charge on any atom is 0.0133 e. The fraction of sp³-hybridized carbons (Fsp3) is 0.909. The molecule has 1 heteroatoms. The van der Waals surface area contributed by atoms with Crippen LogP contribution in [0.15, 0.2) is 0 Å². The predicted molar refractivity (Wildman–Crippen MR) is 51.6 cm³/mol. The Bertz CT molecular complexity index is 179. The van der Waals surface area contributed by atoms with Crippen molar-refractivity contribution in [3.8, 4) is 0 Å². The first kappa shape index (κ1) is 8.28. The summed E-state index contributed by atoms with van der Waals surface area (Å²) in [7, 11) is 0. The van der Waals surface area contributed by atoms with Crippen molar-refractivity contribution < 1.29 is 0 Å². The Balaban J connectivity index is 1.85. The van der Waals surface area contributed by atoms with E-state index in [1.54, 1.807) is 0 Å². The lowest BCUT2D eigenvalue weighted by Crippen LogP contribution is -2.17. The SMILES string of the molecule is CC(C1CCCCC1)C1CC1=N. The Morgan fingerprint density at radius 2 is 1.83 bits per heavy atom. The van der Waals surface area contributed by atoms with Gasteiger partial charge in [0, 0.05) is 11.6 Å². The Hall–Kier alpha value is -0.330. The summed E-state index contributed by atoms with van der Waals surface area (Å²) in [6, 6.07) is 0. The van der Waals surface area contributed by atoms with Crippen LogP contribution in [0, 0.1) is 23.2 Å². The highest BCUT2D eigenvalue weighted by Gasteiger charge is 2.38. The maximum atomic E-state index is 7.52. The minimum atomic E-state index is 0.688. The first-order valence-corrected chi connectivity index (χ1v) is 5.36. The lowest BCUT2D eigenvalue weighted by Gasteiger charge is -2.27. The molecule has 2 fully saturated rings. The van der Waals surface area contributed by atoms with Crippen LogP contribution in [0.4, 0.5) is 0 Å². The lowest BCUT2D eigenvalue weighted by atomic mass is 9.79. The van der Waals surface area contributed by atoms with Crippen molar-refractivity contribution in [1.82, 2.24) is 0 Å². The molecule has 2 aliphatic carbocycles. The first-order chi connectivity index (χ1) is 5.79. The molecule has 0 aromatic heterocycles. The third-order valence-electron chi connectivity index (χ3n) is 3.76. The molecule has 2 saturated carbocycles. The Labute approximate surface area is 75.1 Å². The van der Waals surface area contributed by atoms with E-state index in [1.165, 1.54) is 32.1 Å². The second-order valence-electron chi connectivity index (χ2n) is 4.59. The highest BCUT2D eigenvalue weighted by molar-refractivity contribution is 5.98. The van der Waals surface area contributed by atoms with Crippen molar-refractivity contribution in [1.29, 1.82) is 5.41 Å². The topological polar surface area (TPSA) is 23.9 Å². The molecule has 0 radical (unpaired) electrons. The molecule has 12 heavy (non-hydrogen) atoms. The van der Waals surface area contributed by atoms with Crippen LogP contribution in [-0.2, 0) is 0 Å². The molecule has 2 aliphatic rings. The predicted octanol–water partition coefficient (Wildman–Crippen LogP) is 3.24. The fourth-order valence-corrected chi connectivity index (χ4v) is 2.67. The van der Waals surface area contributed by atoms with Gasteiger partial charge in [0.05, 0.1) is 0 Å². The van der Waals surface area contributed by atoms with Crippen LogP contribution in [0.25, 0.3) is 0 Å². The van der Waals surface area contributed by atoms with Crippen LogP contribution >= 0.6 is 0 Å². The second kappa shape index (κ2) is 3.20. The monoisotopic (exact) mass is 165 g/mol. The molecular formula is C11H19N. The molecule has 0 aromatic carbocycles. The Morgan fingerprint density at radius 3 is 2.33 bits per heavy atom. The van der Waals surface area contributed by atoms with Crippen molar-refractivity contribution in [2.45, 2.75) is 45.4 Å². The van der Waals surface area contributed by atoms with Gasteiger partial charge in [0.15, 0.2) is 0 Å². The first-order valence-electron chi connectivity index (χ1n) is 5.36. The summed E-state index contributed by atoms with van der Waals surface area (Å²) >= 11 is 0. The smallest absolute Gasteiger partial charge is 0.0133 e. The van der Waals surface area contributed by atoms with Gasteiger partial charge >= 0.3 is 0 Å². The van der Waals surface area contributed by atoms with Gasteiger partial charge < -0.3 is 5.41 Å². The minimum absolute atomic E-state index is 0.688. The van der Waals surface area contributed by atoms with Crippen LogP contribution in [0.5, 0.6) is 0 Å². The molecule has 0 spiro atoms. The van der Waals surface area contributed by atoms with Gasteiger partial charge in [-0.25, -0.2) is 0 Å². The van der Waals surface area contributed by atoms with Crippen molar-refractivity contribution in [2.24, 2.45) is 17.8 Å². The van der Waals surface area contributed by atoms with Crippen molar-refractivity contribution in [3.63, 3.8) is 0 Å². The molecule has 0 aliphatic heterocycles. The van der Waals surface area contributed by atoms with Crippen LogP contribution in [0.3, 0.4) is 0 Å². The van der Waals surface area contributed by atoms with E-state index in [0.29, 0.717) is 5.92 Å². The standard InChI is InChI=1S/C11H19N/c1-8(10-7-11(10)12)9-5-3-2-4-6-9/h8-10,12H,2-7H2,1H3. The number of rotatable bonds is 2. The number of hydrogen-bond acceptors (Lipinski definition) is 1. The van der Waals surface area contributed by atoms with E-state index in [9.17, 15) is 0 Å². The fourth-order valence-electron chi connectivity index (χ4n) is 2.67. The molecule has 0 saturated heterocycles. The van der Waals surface area contributed by atoms with E-state index in [2.05, 4.69) is 6.92 Å². The van der Waals surface area contributed by atoms with E-state index in [0.717, 1.165) is 24.0 Å². The molecule has 68 valence electrons. The lowest BCUT2D eigenvalue weighted by molar-refractivity contribution is 0.248. The normalized spacial score (nSPS) is 33.4. The third kappa shape index (κ3) is 1.55. The summed E-state index contributed by atoms with van der Waals surface area (Å²) in [5.74, 6) is 2.46. The van der Waals surface area contributed by atoms with Gasteiger partial charge in [-0.15, -0.1) is 0 Å². The average Bonchev–Trinajstić information content (AvgIpc) is 2.83.